The second-order valence-electron chi connectivity index (χ2n) is 5.46. The zero-order chi connectivity index (χ0) is 16.0. The number of benzene rings is 1. The van der Waals surface area contributed by atoms with Gasteiger partial charge in [0.25, 0.3) is 5.91 Å². The highest BCUT2D eigenvalue weighted by Crippen LogP contribution is 2.18. The summed E-state index contributed by atoms with van der Waals surface area (Å²) < 4.78 is 3.51. The van der Waals surface area contributed by atoms with Crippen molar-refractivity contribution in [2.75, 3.05) is 5.32 Å². The molecule has 7 heteroatoms. The van der Waals surface area contributed by atoms with Gasteiger partial charge in [-0.15, -0.1) is 5.10 Å². The van der Waals surface area contributed by atoms with Gasteiger partial charge >= 0.3 is 0 Å². The number of amides is 1. The lowest BCUT2D eigenvalue weighted by atomic mass is 10.2. The molecule has 114 valence electrons. The van der Waals surface area contributed by atoms with Crippen LogP contribution in [0.1, 0.15) is 16.1 Å². The summed E-state index contributed by atoms with van der Waals surface area (Å²) in [4.78, 5) is 16.7. The Labute approximate surface area is 131 Å². The van der Waals surface area contributed by atoms with Crippen molar-refractivity contribution in [2.45, 2.75) is 6.92 Å². The predicted molar refractivity (Wildman–Crippen MR) is 86.4 cm³/mol. The lowest BCUT2D eigenvalue weighted by Gasteiger charge is -2.04. The number of fused-ring (bicyclic) bond motifs is 2. The fourth-order valence-electron chi connectivity index (χ4n) is 2.58. The highest BCUT2D eigenvalue weighted by Gasteiger charge is 2.14. The van der Waals surface area contributed by atoms with Crippen molar-refractivity contribution in [1.82, 2.24) is 24.4 Å². The number of rotatable bonds is 2. The van der Waals surface area contributed by atoms with Crippen molar-refractivity contribution in [3.8, 4) is 0 Å². The largest absolute Gasteiger partial charge is 0.321 e. The van der Waals surface area contributed by atoms with Crippen molar-refractivity contribution in [3.63, 3.8) is 0 Å². The Hall–Kier alpha value is -3.22. The molecule has 3 heterocycles. The molecule has 7 nitrogen and oxygen atoms in total. The van der Waals surface area contributed by atoms with Crippen LogP contribution in [0.15, 0.2) is 42.9 Å². The summed E-state index contributed by atoms with van der Waals surface area (Å²) in [6.45, 7) is 1.98. The van der Waals surface area contributed by atoms with E-state index in [1.807, 2.05) is 48.8 Å². The summed E-state index contributed by atoms with van der Waals surface area (Å²) in [5, 5.41) is 10.9. The lowest BCUT2D eigenvalue weighted by molar-refractivity contribution is 0.102. The number of carbonyl (C=O) groups is 1. The maximum absolute atomic E-state index is 12.5. The summed E-state index contributed by atoms with van der Waals surface area (Å²) in [6.07, 6.45) is 3.52. The van der Waals surface area contributed by atoms with Gasteiger partial charge in [0, 0.05) is 18.9 Å². The van der Waals surface area contributed by atoms with Gasteiger partial charge in [0.15, 0.2) is 5.69 Å². The Balaban J connectivity index is 1.68. The van der Waals surface area contributed by atoms with Crippen molar-refractivity contribution in [3.05, 3.63) is 54.1 Å². The molecule has 1 amide bonds. The average Bonchev–Trinajstić information content (AvgIpc) is 3.11. The number of nitrogens with zero attached hydrogens (tertiary/aromatic N) is 5. The molecule has 0 bridgehead atoms. The monoisotopic (exact) mass is 306 g/mol. The first kappa shape index (κ1) is 13.4. The molecule has 4 aromatic rings. The van der Waals surface area contributed by atoms with E-state index in [4.69, 9.17) is 0 Å². The first-order valence-corrected chi connectivity index (χ1v) is 7.16. The number of aromatic nitrogens is 5. The van der Waals surface area contributed by atoms with Crippen LogP contribution in [-0.4, -0.2) is 30.3 Å². The molecule has 0 aliphatic heterocycles. The smallest absolute Gasteiger partial charge is 0.276 e. The normalized spacial score (nSPS) is 11.2. The average molecular weight is 306 g/mol. The Kier molecular flexibility index (Phi) is 2.87. The van der Waals surface area contributed by atoms with E-state index in [1.54, 1.807) is 17.1 Å². The minimum atomic E-state index is -0.249. The van der Waals surface area contributed by atoms with Crippen molar-refractivity contribution < 1.29 is 4.79 Å². The number of carbonyl (C=O) groups excluding carboxylic acids is 1. The number of hydrogen-bond donors (Lipinski definition) is 1. The molecule has 0 atom stereocenters. The van der Waals surface area contributed by atoms with Gasteiger partial charge in [-0.2, -0.15) is 0 Å². The van der Waals surface area contributed by atoms with Crippen LogP contribution in [0.2, 0.25) is 0 Å². The third kappa shape index (κ3) is 2.22. The van der Waals surface area contributed by atoms with E-state index >= 15 is 0 Å². The third-order valence-corrected chi connectivity index (χ3v) is 3.78. The van der Waals surface area contributed by atoms with Gasteiger partial charge in [0.1, 0.15) is 11.8 Å². The van der Waals surface area contributed by atoms with Crippen LogP contribution in [-0.2, 0) is 7.05 Å². The topological polar surface area (TPSA) is 77.1 Å². The van der Waals surface area contributed by atoms with Gasteiger partial charge in [-0.3, -0.25) is 4.79 Å². The summed E-state index contributed by atoms with van der Waals surface area (Å²) >= 11 is 0. The molecule has 23 heavy (non-hydrogen) atoms. The van der Waals surface area contributed by atoms with Crippen molar-refractivity contribution >= 4 is 28.1 Å². The van der Waals surface area contributed by atoms with Crippen LogP contribution in [0.25, 0.3) is 16.6 Å². The first-order valence-electron chi connectivity index (χ1n) is 7.16. The minimum Gasteiger partial charge on any atom is -0.321 e. The standard InChI is InChI=1S/C16H14N6O/c1-10-5-6-22-9-17-15(14(22)7-10)16(23)18-11-3-4-13-12(8-11)19-20-21(13)2/h3-9H,1-2H3,(H,18,23). The molecule has 0 radical (unpaired) electrons. The molecule has 0 saturated heterocycles. The fourth-order valence-corrected chi connectivity index (χ4v) is 2.58. The molecule has 3 aromatic heterocycles. The second-order valence-corrected chi connectivity index (χ2v) is 5.46. The van der Waals surface area contributed by atoms with E-state index in [1.165, 1.54) is 0 Å². The van der Waals surface area contributed by atoms with E-state index in [2.05, 4.69) is 20.6 Å². The molecule has 4 rings (SSSR count). The van der Waals surface area contributed by atoms with Crippen LogP contribution >= 0.6 is 0 Å². The highest BCUT2D eigenvalue weighted by atomic mass is 16.1. The van der Waals surface area contributed by atoms with Crippen LogP contribution in [0.5, 0.6) is 0 Å². The molecule has 1 N–H and O–H groups in total. The number of pyridine rings is 1. The zero-order valence-electron chi connectivity index (χ0n) is 12.7. The zero-order valence-corrected chi connectivity index (χ0v) is 12.7. The van der Waals surface area contributed by atoms with Gasteiger partial charge in [-0.25, -0.2) is 9.67 Å². The molecule has 0 saturated carbocycles. The van der Waals surface area contributed by atoms with Crippen molar-refractivity contribution in [1.29, 1.82) is 0 Å². The van der Waals surface area contributed by atoms with E-state index in [-0.39, 0.29) is 5.91 Å². The summed E-state index contributed by atoms with van der Waals surface area (Å²) in [5.74, 6) is -0.249. The first-order chi connectivity index (χ1) is 11.1. The van der Waals surface area contributed by atoms with Crippen molar-refractivity contribution in [2.24, 2.45) is 7.05 Å². The van der Waals surface area contributed by atoms with Gasteiger partial charge in [0.2, 0.25) is 0 Å². The molecular formula is C16H14N6O. The van der Waals surface area contributed by atoms with Gasteiger partial charge in [-0.05, 0) is 42.8 Å². The number of aryl methyl sites for hydroxylation is 2. The van der Waals surface area contributed by atoms with Crippen LogP contribution in [0.3, 0.4) is 0 Å². The maximum atomic E-state index is 12.5. The SMILES string of the molecule is Cc1ccn2cnc(C(=O)Nc3ccc4c(c3)nnn4C)c2c1. The molecular weight excluding hydrogens is 292 g/mol. The van der Waals surface area contributed by atoms with Gasteiger partial charge < -0.3 is 9.72 Å². The van der Waals surface area contributed by atoms with E-state index in [0.717, 1.165) is 22.1 Å². The summed E-state index contributed by atoms with van der Waals surface area (Å²) in [6, 6.07) is 9.41. The van der Waals surface area contributed by atoms with E-state index < -0.39 is 0 Å². The molecule has 1 aromatic carbocycles. The lowest BCUT2D eigenvalue weighted by Crippen LogP contribution is -2.12. The molecule has 0 aliphatic carbocycles. The molecule has 0 unspecified atom stereocenters. The predicted octanol–water partition coefficient (Wildman–Crippen LogP) is 2.18. The third-order valence-electron chi connectivity index (χ3n) is 3.78. The minimum absolute atomic E-state index is 0.249. The number of anilines is 1. The number of imidazole rings is 1. The highest BCUT2D eigenvalue weighted by molar-refractivity contribution is 6.08. The van der Waals surface area contributed by atoms with Crippen LogP contribution in [0, 0.1) is 6.92 Å². The van der Waals surface area contributed by atoms with E-state index in [9.17, 15) is 4.79 Å². The van der Waals surface area contributed by atoms with Crippen LogP contribution in [0.4, 0.5) is 5.69 Å². The molecule has 0 spiro atoms. The fraction of sp³-hybridized carbons (Fsp3) is 0.125. The maximum Gasteiger partial charge on any atom is 0.276 e. The Morgan fingerprint density at radius 1 is 1.17 bits per heavy atom. The quantitative estimate of drug-likeness (QED) is 0.616. The summed E-state index contributed by atoms with van der Waals surface area (Å²) in [7, 11) is 1.83. The van der Waals surface area contributed by atoms with Crippen LogP contribution < -0.4 is 5.32 Å². The van der Waals surface area contributed by atoms with Gasteiger partial charge in [-0.1, -0.05) is 5.21 Å². The second kappa shape index (κ2) is 4.91. The Morgan fingerprint density at radius 3 is 2.91 bits per heavy atom. The van der Waals surface area contributed by atoms with Gasteiger partial charge in [0.05, 0.1) is 11.0 Å². The Bertz CT molecular complexity index is 1050. The Morgan fingerprint density at radius 2 is 2.04 bits per heavy atom. The summed E-state index contributed by atoms with van der Waals surface area (Å²) in [5.41, 5.74) is 4.56. The molecule has 0 fully saturated rings. The molecule has 0 aliphatic rings. The number of hydrogen-bond acceptors (Lipinski definition) is 4. The van der Waals surface area contributed by atoms with E-state index in [0.29, 0.717) is 11.4 Å². The number of nitrogens with one attached hydrogen (secondary N) is 1.